The third kappa shape index (κ3) is 1.51. The number of rotatable bonds is 2. The van der Waals surface area contributed by atoms with Gasteiger partial charge in [0.15, 0.2) is 0 Å². The molecule has 80 valence electrons. The van der Waals surface area contributed by atoms with E-state index in [0.29, 0.717) is 5.92 Å². The summed E-state index contributed by atoms with van der Waals surface area (Å²) >= 11 is 0. The van der Waals surface area contributed by atoms with E-state index >= 15 is 0 Å². The molecule has 0 fully saturated rings. The van der Waals surface area contributed by atoms with Crippen LogP contribution in [0, 0.1) is 0 Å². The van der Waals surface area contributed by atoms with E-state index in [2.05, 4.69) is 44.7 Å². The molecule has 1 aromatic rings. The van der Waals surface area contributed by atoms with Gasteiger partial charge in [-0.15, -0.1) is 0 Å². The van der Waals surface area contributed by atoms with Crippen molar-refractivity contribution in [3.8, 4) is 0 Å². The Morgan fingerprint density at radius 3 is 2.93 bits per heavy atom. The normalized spacial score (nSPS) is 29.6. The van der Waals surface area contributed by atoms with Crippen LogP contribution in [-0.4, -0.2) is 6.61 Å². The van der Waals surface area contributed by atoms with Crippen LogP contribution in [0.1, 0.15) is 37.3 Å². The molecule has 1 heteroatoms. The molecule has 0 spiro atoms. The third-order valence-corrected chi connectivity index (χ3v) is 3.39. The lowest BCUT2D eigenvalue weighted by molar-refractivity contribution is -0.0342. The van der Waals surface area contributed by atoms with Crippen LogP contribution in [0.5, 0.6) is 0 Å². The van der Waals surface area contributed by atoms with Gasteiger partial charge in [-0.25, -0.2) is 0 Å². The number of ether oxygens (including phenoxy) is 1. The smallest absolute Gasteiger partial charge is 0.111 e. The van der Waals surface area contributed by atoms with E-state index in [9.17, 15) is 0 Å². The van der Waals surface area contributed by atoms with Crippen molar-refractivity contribution in [2.45, 2.75) is 31.8 Å². The van der Waals surface area contributed by atoms with Gasteiger partial charge in [-0.1, -0.05) is 50.8 Å². The Kier molecular flexibility index (Phi) is 2.66. The van der Waals surface area contributed by atoms with Gasteiger partial charge in [0.25, 0.3) is 0 Å². The number of hydrogen-bond donors (Lipinski definition) is 0. The predicted molar refractivity (Wildman–Crippen MR) is 63.0 cm³/mol. The largest absolute Gasteiger partial charge is 0.366 e. The zero-order valence-corrected chi connectivity index (χ0v) is 9.49. The maximum atomic E-state index is 5.98. The van der Waals surface area contributed by atoms with Crippen LogP contribution >= 0.6 is 0 Å². The van der Waals surface area contributed by atoms with Crippen LogP contribution in [0.15, 0.2) is 36.9 Å². The van der Waals surface area contributed by atoms with Crippen LogP contribution in [-0.2, 0) is 10.3 Å². The molecule has 0 saturated heterocycles. The fourth-order valence-electron chi connectivity index (χ4n) is 2.36. The van der Waals surface area contributed by atoms with Gasteiger partial charge in [-0.3, -0.25) is 0 Å². The Morgan fingerprint density at radius 2 is 2.27 bits per heavy atom. The molecule has 2 atom stereocenters. The first-order chi connectivity index (χ1) is 7.23. The highest BCUT2D eigenvalue weighted by atomic mass is 16.5. The summed E-state index contributed by atoms with van der Waals surface area (Å²) in [4.78, 5) is 0. The average molecular weight is 202 g/mol. The number of benzene rings is 1. The van der Waals surface area contributed by atoms with E-state index < -0.39 is 0 Å². The van der Waals surface area contributed by atoms with Gasteiger partial charge in [-0.2, -0.15) is 0 Å². The highest BCUT2D eigenvalue weighted by Gasteiger charge is 2.35. The molecule has 0 radical (unpaired) electrons. The van der Waals surface area contributed by atoms with Gasteiger partial charge in [0.05, 0.1) is 6.61 Å². The van der Waals surface area contributed by atoms with Gasteiger partial charge in [0, 0.05) is 5.92 Å². The molecule has 0 aromatic heterocycles. The molecule has 1 aliphatic heterocycles. The first-order valence-corrected chi connectivity index (χ1v) is 5.60. The predicted octanol–water partition coefficient (Wildman–Crippen LogP) is 3.61. The van der Waals surface area contributed by atoms with Crippen LogP contribution < -0.4 is 0 Å². The van der Waals surface area contributed by atoms with Gasteiger partial charge in [0.2, 0.25) is 0 Å². The molecular formula is C14H18O. The van der Waals surface area contributed by atoms with Gasteiger partial charge in [-0.05, 0) is 17.5 Å². The minimum Gasteiger partial charge on any atom is -0.366 e. The van der Waals surface area contributed by atoms with Gasteiger partial charge < -0.3 is 4.74 Å². The summed E-state index contributed by atoms with van der Waals surface area (Å²) in [7, 11) is 0. The van der Waals surface area contributed by atoms with Crippen LogP contribution in [0.4, 0.5) is 0 Å². The van der Waals surface area contributed by atoms with Crippen molar-refractivity contribution in [2.75, 3.05) is 6.61 Å². The SMILES string of the molecule is C=CC1(CC)OCC(C)c2ccccc21. The third-order valence-electron chi connectivity index (χ3n) is 3.39. The van der Waals surface area contributed by atoms with Crippen LogP contribution in [0.3, 0.4) is 0 Å². The molecule has 1 heterocycles. The van der Waals surface area contributed by atoms with E-state index in [-0.39, 0.29) is 5.60 Å². The fourth-order valence-corrected chi connectivity index (χ4v) is 2.36. The lowest BCUT2D eigenvalue weighted by atomic mass is 9.81. The van der Waals surface area contributed by atoms with Crippen LogP contribution in [0.25, 0.3) is 0 Å². The maximum absolute atomic E-state index is 5.98. The second-order valence-corrected chi connectivity index (χ2v) is 4.25. The molecule has 0 N–H and O–H groups in total. The summed E-state index contributed by atoms with van der Waals surface area (Å²) in [5, 5.41) is 0. The van der Waals surface area contributed by atoms with Crippen molar-refractivity contribution >= 4 is 0 Å². The van der Waals surface area contributed by atoms with Crippen molar-refractivity contribution in [2.24, 2.45) is 0 Å². The maximum Gasteiger partial charge on any atom is 0.111 e. The van der Waals surface area contributed by atoms with E-state index in [1.54, 1.807) is 0 Å². The Bertz CT molecular complexity index is 369. The molecule has 2 rings (SSSR count). The average Bonchev–Trinajstić information content (AvgIpc) is 2.31. The molecule has 1 aromatic carbocycles. The first kappa shape index (κ1) is 10.4. The molecule has 1 aliphatic rings. The summed E-state index contributed by atoms with van der Waals surface area (Å²) in [5.41, 5.74) is 2.44. The molecular weight excluding hydrogens is 184 g/mol. The standard InChI is InChI=1S/C14H18O/c1-4-14(5-2)13-9-7-6-8-12(13)11(3)10-15-14/h4,6-9,11H,1,5,10H2,2-3H3. The quantitative estimate of drug-likeness (QED) is 0.666. The highest BCUT2D eigenvalue weighted by Crippen LogP contribution is 2.40. The highest BCUT2D eigenvalue weighted by molar-refractivity contribution is 5.39. The van der Waals surface area contributed by atoms with E-state index in [0.717, 1.165) is 13.0 Å². The van der Waals surface area contributed by atoms with E-state index in [1.807, 2.05) is 6.08 Å². The Hall–Kier alpha value is -1.08. The summed E-state index contributed by atoms with van der Waals surface area (Å²) < 4.78 is 5.98. The van der Waals surface area contributed by atoms with Crippen molar-refractivity contribution in [3.05, 3.63) is 48.0 Å². The van der Waals surface area contributed by atoms with Gasteiger partial charge >= 0.3 is 0 Å². The van der Waals surface area contributed by atoms with E-state index in [1.165, 1.54) is 11.1 Å². The second kappa shape index (κ2) is 3.82. The number of hydrogen-bond acceptors (Lipinski definition) is 1. The van der Waals surface area contributed by atoms with Gasteiger partial charge in [0.1, 0.15) is 5.60 Å². The van der Waals surface area contributed by atoms with Crippen LogP contribution in [0.2, 0.25) is 0 Å². The zero-order valence-electron chi connectivity index (χ0n) is 9.49. The van der Waals surface area contributed by atoms with Crippen molar-refractivity contribution < 1.29 is 4.74 Å². The molecule has 2 unspecified atom stereocenters. The zero-order chi connectivity index (χ0) is 10.9. The molecule has 0 bridgehead atoms. The lowest BCUT2D eigenvalue weighted by Gasteiger charge is -2.38. The molecule has 15 heavy (non-hydrogen) atoms. The molecule has 0 aliphatic carbocycles. The molecule has 0 saturated carbocycles. The summed E-state index contributed by atoms with van der Waals surface area (Å²) in [5.74, 6) is 0.487. The minimum absolute atomic E-state index is 0.261. The summed E-state index contributed by atoms with van der Waals surface area (Å²) in [6, 6.07) is 8.55. The minimum atomic E-state index is -0.261. The van der Waals surface area contributed by atoms with Crippen molar-refractivity contribution in [1.82, 2.24) is 0 Å². The molecule has 1 nitrogen and oxygen atoms in total. The number of fused-ring (bicyclic) bond motifs is 1. The topological polar surface area (TPSA) is 9.23 Å². The Morgan fingerprint density at radius 1 is 1.53 bits per heavy atom. The Balaban J connectivity index is 2.57. The monoisotopic (exact) mass is 202 g/mol. The van der Waals surface area contributed by atoms with Crippen molar-refractivity contribution in [3.63, 3.8) is 0 Å². The lowest BCUT2D eigenvalue weighted by Crippen LogP contribution is -2.34. The first-order valence-electron chi connectivity index (χ1n) is 5.60. The summed E-state index contributed by atoms with van der Waals surface area (Å²) in [6.45, 7) is 9.07. The Labute approximate surface area is 91.8 Å². The van der Waals surface area contributed by atoms with E-state index in [4.69, 9.17) is 4.74 Å². The summed E-state index contributed by atoms with van der Waals surface area (Å²) in [6.07, 6.45) is 2.89. The molecule has 0 amide bonds. The fraction of sp³-hybridized carbons (Fsp3) is 0.429. The van der Waals surface area contributed by atoms with Crippen molar-refractivity contribution in [1.29, 1.82) is 0 Å². The second-order valence-electron chi connectivity index (χ2n) is 4.25.